The minimum atomic E-state index is -0.0993. The molecule has 144 valence electrons. The Kier molecular flexibility index (Phi) is 6.73. The van der Waals surface area contributed by atoms with Crippen LogP contribution in [0.4, 0.5) is 0 Å². The maximum Gasteiger partial charge on any atom is 0.414 e. The van der Waals surface area contributed by atoms with Crippen LogP contribution in [0.25, 0.3) is 0 Å². The summed E-state index contributed by atoms with van der Waals surface area (Å²) < 4.78 is 5.74. The van der Waals surface area contributed by atoms with Crippen LogP contribution in [0.15, 0.2) is 29.5 Å². The van der Waals surface area contributed by atoms with E-state index < -0.39 is 0 Å². The van der Waals surface area contributed by atoms with Gasteiger partial charge in [0, 0.05) is 18.2 Å². The van der Waals surface area contributed by atoms with Crippen molar-refractivity contribution in [3.8, 4) is 5.75 Å². The maximum atomic E-state index is 9.13. The van der Waals surface area contributed by atoms with Crippen molar-refractivity contribution in [3.63, 3.8) is 0 Å². The van der Waals surface area contributed by atoms with Crippen LogP contribution in [0, 0.1) is 19.3 Å². The third-order valence-electron chi connectivity index (χ3n) is 4.10. The Bertz CT molecular complexity index is 856. The smallest absolute Gasteiger partial charge is 0.402 e. The quantitative estimate of drug-likeness (QED) is 0.479. The van der Waals surface area contributed by atoms with Gasteiger partial charge >= 0.3 is 5.23 Å². The van der Waals surface area contributed by atoms with Crippen molar-refractivity contribution in [2.75, 3.05) is 6.61 Å². The zero-order chi connectivity index (χ0) is 20.2. The van der Waals surface area contributed by atoms with Crippen LogP contribution in [-0.2, 0) is 24.5 Å². The highest BCUT2D eigenvalue weighted by Gasteiger charge is 2.17. The van der Waals surface area contributed by atoms with Crippen molar-refractivity contribution in [1.29, 1.82) is 5.41 Å². The minimum absolute atomic E-state index is 0.0424. The molecule has 0 unspecified atom stereocenters. The summed E-state index contributed by atoms with van der Waals surface area (Å²) >= 11 is 3.32. The molecule has 0 aliphatic carbocycles. The number of hydrogen-bond acceptors (Lipinski definition) is 5. The molecular formula is C20H27N4O2S+. The van der Waals surface area contributed by atoms with Gasteiger partial charge in [-0.25, -0.2) is 4.98 Å². The van der Waals surface area contributed by atoms with Crippen LogP contribution in [0.5, 0.6) is 5.75 Å². The van der Waals surface area contributed by atoms with E-state index in [4.69, 9.17) is 15.3 Å². The molecule has 0 aliphatic heterocycles. The highest BCUT2D eigenvalue weighted by atomic mass is 32.1. The Morgan fingerprint density at radius 2 is 1.89 bits per heavy atom. The average molecular weight is 388 g/mol. The van der Waals surface area contributed by atoms with Gasteiger partial charge in [-0.15, -0.1) is 4.99 Å². The Hall–Kier alpha value is -2.25. The largest absolute Gasteiger partial charge is 0.414 e. The van der Waals surface area contributed by atoms with E-state index in [0.29, 0.717) is 17.9 Å². The van der Waals surface area contributed by atoms with Gasteiger partial charge in [0.15, 0.2) is 5.84 Å². The van der Waals surface area contributed by atoms with E-state index in [0.717, 1.165) is 22.4 Å². The fourth-order valence-corrected chi connectivity index (χ4v) is 2.69. The van der Waals surface area contributed by atoms with Gasteiger partial charge in [-0.1, -0.05) is 26.8 Å². The van der Waals surface area contributed by atoms with Crippen molar-refractivity contribution in [1.82, 2.24) is 9.97 Å². The molecule has 1 aromatic carbocycles. The van der Waals surface area contributed by atoms with E-state index in [1.807, 2.05) is 26.0 Å². The second-order valence-corrected chi connectivity index (χ2v) is 7.85. The number of nitrogens with zero attached hydrogens (tertiary/aromatic N) is 3. The fraction of sp³-hybridized carbons (Fsp3) is 0.400. The summed E-state index contributed by atoms with van der Waals surface area (Å²) in [5.74, 6) is 0.601. The SMILES string of the molecule is Cc1cc(OC([SH2+])=NC(=N)c2cnc(C(C)(C)C)cn2)c(C)cc1CCO. The Morgan fingerprint density at radius 1 is 1.19 bits per heavy atom. The molecule has 0 spiro atoms. The maximum absolute atomic E-state index is 9.13. The minimum Gasteiger partial charge on any atom is -0.402 e. The second-order valence-electron chi connectivity index (χ2n) is 7.42. The number of rotatable bonds is 4. The predicted molar refractivity (Wildman–Crippen MR) is 112 cm³/mol. The van der Waals surface area contributed by atoms with Gasteiger partial charge in [0.05, 0.1) is 24.5 Å². The third kappa shape index (κ3) is 5.61. The highest BCUT2D eigenvalue weighted by Crippen LogP contribution is 2.23. The zero-order valence-electron chi connectivity index (χ0n) is 16.4. The van der Waals surface area contributed by atoms with Gasteiger partial charge in [-0.2, -0.15) is 0 Å². The van der Waals surface area contributed by atoms with E-state index in [1.165, 1.54) is 0 Å². The number of ether oxygens (including phenoxy) is 1. The van der Waals surface area contributed by atoms with E-state index in [9.17, 15) is 0 Å². The first-order valence-corrected chi connectivity index (χ1v) is 9.22. The molecular weight excluding hydrogens is 360 g/mol. The molecule has 27 heavy (non-hydrogen) atoms. The van der Waals surface area contributed by atoms with Crippen LogP contribution in [0.2, 0.25) is 0 Å². The first-order valence-electron chi connectivity index (χ1n) is 8.72. The summed E-state index contributed by atoms with van der Waals surface area (Å²) in [6, 6.07) is 3.89. The standard InChI is InChI=1S/C20H26N4O2S/c1-12-9-16(13(2)8-14(12)6-7-25)26-19(27)24-18(21)15-10-23-17(11-22-15)20(3,4)5/h8-11,25H,6-7H2,1-5H3,(H2,21,24,27)/p+1. The monoisotopic (exact) mass is 387 g/mol. The molecule has 0 fully saturated rings. The molecule has 0 atom stereocenters. The predicted octanol–water partition coefficient (Wildman–Crippen LogP) is 2.70. The fourth-order valence-electron chi connectivity index (χ4n) is 2.47. The topological polar surface area (TPSA) is 91.5 Å². The Labute approximate surface area is 165 Å². The van der Waals surface area contributed by atoms with Crippen LogP contribution in [0.3, 0.4) is 0 Å². The number of hydrogen-bond donors (Lipinski definition) is 2. The van der Waals surface area contributed by atoms with Crippen LogP contribution < -0.4 is 4.74 Å². The number of aliphatic hydroxyl groups excluding tert-OH is 1. The molecule has 0 bridgehead atoms. The lowest BCUT2D eigenvalue weighted by atomic mass is 9.93. The molecule has 7 heteroatoms. The number of aromatic nitrogens is 2. The molecule has 2 N–H and O–H groups in total. The van der Waals surface area contributed by atoms with Crippen LogP contribution in [0.1, 0.15) is 48.8 Å². The second kappa shape index (κ2) is 8.63. The first kappa shape index (κ1) is 21.1. The van der Waals surface area contributed by atoms with Gasteiger partial charge in [0.2, 0.25) is 0 Å². The van der Waals surface area contributed by atoms with Gasteiger partial charge < -0.3 is 9.84 Å². The molecule has 0 amide bonds. The summed E-state index contributed by atoms with van der Waals surface area (Å²) in [5, 5.41) is 17.4. The van der Waals surface area contributed by atoms with Crippen molar-refractivity contribution in [3.05, 3.63) is 52.6 Å². The van der Waals surface area contributed by atoms with Gasteiger partial charge in [0.25, 0.3) is 0 Å². The number of amidine groups is 1. The number of aliphatic hydroxyl groups is 1. The normalized spacial score (nSPS) is 12.2. The average Bonchev–Trinajstić information content (AvgIpc) is 2.58. The Morgan fingerprint density at radius 3 is 2.44 bits per heavy atom. The highest BCUT2D eigenvalue weighted by molar-refractivity contribution is 7.77. The molecule has 2 rings (SSSR count). The van der Waals surface area contributed by atoms with Crippen molar-refractivity contribution >= 4 is 23.7 Å². The molecule has 0 saturated carbocycles. The van der Waals surface area contributed by atoms with Crippen molar-refractivity contribution < 1.29 is 9.84 Å². The molecule has 0 saturated heterocycles. The summed E-state index contributed by atoms with van der Waals surface area (Å²) in [6.07, 6.45) is 3.82. The van der Waals surface area contributed by atoms with E-state index in [1.54, 1.807) is 12.4 Å². The molecule has 0 aliphatic rings. The van der Waals surface area contributed by atoms with E-state index >= 15 is 0 Å². The van der Waals surface area contributed by atoms with E-state index in [-0.39, 0.29) is 23.1 Å². The first-order chi connectivity index (χ1) is 12.6. The van der Waals surface area contributed by atoms with Crippen LogP contribution in [-0.4, -0.2) is 32.7 Å². The lowest BCUT2D eigenvalue weighted by Crippen LogP contribution is -2.15. The lowest BCUT2D eigenvalue weighted by molar-refractivity contribution is 0.299. The summed E-state index contributed by atoms with van der Waals surface area (Å²) in [4.78, 5) is 12.8. The third-order valence-corrected chi connectivity index (χ3v) is 4.31. The summed E-state index contributed by atoms with van der Waals surface area (Å²) in [7, 11) is 0. The van der Waals surface area contributed by atoms with Crippen LogP contribution >= 0.6 is 0 Å². The number of aliphatic imine (C=N–C) groups is 1. The van der Waals surface area contributed by atoms with Gasteiger partial charge in [-0.05, 0) is 43.0 Å². The molecule has 0 radical (unpaired) electrons. The van der Waals surface area contributed by atoms with Crippen molar-refractivity contribution in [2.24, 2.45) is 4.99 Å². The van der Waals surface area contributed by atoms with Gasteiger partial charge in [0.1, 0.15) is 11.4 Å². The van der Waals surface area contributed by atoms with Crippen molar-refractivity contribution in [2.45, 2.75) is 46.5 Å². The zero-order valence-corrected chi connectivity index (χ0v) is 17.4. The van der Waals surface area contributed by atoms with E-state index in [2.05, 4.69) is 48.4 Å². The summed E-state index contributed by atoms with van der Waals surface area (Å²) in [5.41, 5.74) is 4.16. The molecule has 2 aromatic rings. The Balaban J connectivity index is 2.15. The number of aryl methyl sites for hydroxylation is 2. The number of nitrogens with one attached hydrogen (secondary N) is 1. The molecule has 1 aromatic heterocycles. The molecule has 1 heterocycles. The van der Waals surface area contributed by atoms with Gasteiger partial charge in [-0.3, -0.25) is 10.4 Å². The summed E-state index contributed by atoms with van der Waals surface area (Å²) in [6.45, 7) is 10.2. The lowest BCUT2D eigenvalue weighted by Gasteiger charge is -2.16. The number of benzene rings is 1. The molecule has 6 nitrogen and oxygen atoms in total.